The van der Waals surface area contributed by atoms with Crippen LogP contribution in [0.3, 0.4) is 0 Å². The van der Waals surface area contributed by atoms with Gasteiger partial charge >= 0.3 is 11.7 Å². The molecular weight excluding hydrogens is 280 g/mol. The molecule has 0 radical (unpaired) electrons. The van der Waals surface area contributed by atoms with Crippen molar-refractivity contribution in [3.63, 3.8) is 0 Å². The van der Waals surface area contributed by atoms with Crippen LogP contribution in [0, 0.1) is 10.1 Å². The second kappa shape index (κ2) is 6.16. The highest BCUT2D eigenvalue weighted by atomic mass is 32.2. The SMILES string of the molecule is COC(=O)c1cnc(Sc2ccccc2)c([N+](=O)[O-])c1. The number of carbonyl (C=O) groups is 1. The lowest BCUT2D eigenvalue weighted by Gasteiger charge is -2.04. The zero-order valence-electron chi connectivity index (χ0n) is 10.5. The number of rotatable bonds is 4. The highest BCUT2D eigenvalue weighted by Crippen LogP contribution is 2.33. The first kappa shape index (κ1) is 14.0. The Labute approximate surface area is 118 Å². The average molecular weight is 290 g/mol. The summed E-state index contributed by atoms with van der Waals surface area (Å²) < 4.78 is 4.52. The predicted molar refractivity (Wildman–Crippen MR) is 72.8 cm³/mol. The van der Waals surface area contributed by atoms with Gasteiger partial charge in [0, 0.05) is 17.2 Å². The third kappa shape index (κ3) is 3.12. The molecule has 1 aromatic heterocycles. The minimum atomic E-state index is -0.656. The number of aromatic nitrogens is 1. The van der Waals surface area contributed by atoms with Crippen molar-refractivity contribution in [3.05, 3.63) is 58.3 Å². The van der Waals surface area contributed by atoms with Gasteiger partial charge in [-0.1, -0.05) is 30.0 Å². The van der Waals surface area contributed by atoms with Crippen molar-refractivity contribution in [1.29, 1.82) is 0 Å². The van der Waals surface area contributed by atoms with E-state index in [2.05, 4.69) is 9.72 Å². The molecule has 0 atom stereocenters. The lowest BCUT2D eigenvalue weighted by molar-refractivity contribution is -0.388. The molecule has 1 heterocycles. The summed E-state index contributed by atoms with van der Waals surface area (Å²) in [5.74, 6) is -0.656. The predicted octanol–water partition coefficient (Wildman–Crippen LogP) is 2.93. The van der Waals surface area contributed by atoms with E-state index >= 15 is 0 Å². The van der Waals surface area contributed by atoms with Crippen LogP contribution in [0.2, 0.25) is 0 Å². The summed E-state index contributed by atoms with van der Waals surface area (Å²) in [5, 5.41) is 11.3. The largest absolute Gasteiger partial charge is 0.465 e. The van der Waals surface area contributed by atoms with Crippen LogP contribution in [0.1, 0.15) is 10.4 Å². The Morgan fingerprint density at radius 3 is 2.65 bits per heavy atom. The number of methoxy groups -OCH3 is 1. The third-order valence-electron chi connectivity index (χ3n) is 2.41. The van der Waals surface area contributed by atoms with E-state index in [9.17, 15) is 14.9 Å². The molecule has 1 aromatic carbocycles. The number of hydrogen-bond acceptors (Lipinski definition) is 6. The first-order valence-corrected chi connectivity index (χ1v) is 6.39. The van der Waals surface area contributed by atoms with Crippen LogP contribution in [0.5, 0.6) is 0 Å². The van der Waals surface area contributed by atoms with Gasteiger partial charge in [0.25, 0.3) is 0 Å². The molecule has 0 bridgehead atoms. The molecule has 102 valence electrons. The number of nitrogens with zero attached hydrogens (tertiary/aromatic N) is 2. The van der Waals surface area contributed by atoms with Crippen LogP contribution in [0.4, 0.5) is 5.69 Å². The van der Waals surface area contributed by atoms with E-state index in [0.717, 1.165) is 4.90 Å². The van der Waals surface area contributed by atoms with E-state index < -0.39 is 10.9 Å². The molecule has 0 saturated heterocycles. The maximum atomic E-state index is 11.4. The Morgan fingerprint density at radius 2 is 2.05 bits per heavy atom. The summed E-state index contributed by atoms with van der Waals surface area (Å²) in [6, 6.07) is 10.3. The standard InChI is InChI=1S/C13H10N2O4S/c1-19-13(16)9-7-11(15(17)18)12(14-8-9)20-10-5-3-2-4-6-10/h2-8H,1H3. The fraction of sp³-hybridized carbons (Fsp3) is 0.0769. The molecule has 20 heavy (non-hydrogen) atoms. The number of esters is 1. The average Bonchev–Trinajstić information content (AvgIpc) is 2.47. The highest BCUT2D eigenvalue weighted by molar-refractivity contribution is 7.99. The van der Waals surface area contributed by atoms with Crippen molar-refractivity contribution in [2.24, 2.45) is 0 Å². The van der Waals surface area contributed by atoms with E-state index in [1.165, 1.54) is 31.1 Å². The monoisotopic (exact) mass is 290 g/mol. The van der Waals surface area contributed by atoms with E-state index in [1.807, 2.05) is 30.3 Å². The van der Waals surface area contributed by atoms with Crippen LogP contribution >= 0.6 is 11.8 Å². The van der Waals surface area contributed by atoms with Crippen molar-refractivity contribution in [2.45, 2.75) is 9.92 Å². The zero-order chi connectivity index (χ0) is 14.5. The molecule has 0 unspecified atom stereocenters. The van der Waals surface area contributed by atoms with Crippen LogP contribution in [-0.2, 0) is 4.74 Å². The van der Waals surface area contributed by atoms with Gasteiger partial charge in [0.2, 0.25) is 0 Å². The second-order valence-electron chi connectivity index (χ2n) is 3.71. The highest BCUT2D eigenvalue weighted by Gasteiger charge is 2.20. The van der Waals surface area contributed by atoms with Gasteiger partial charge in [-0.15, -0.1) is 0 Å². The third-order valence-corrected chi connectivity index (χ3v) is 3.42. The zero-order valence-corrected chi connectivity index (χ0v) is 11.3. The summed E-state index contributed by atoms with van der Waals surface area (Å²) >= 11 is 1.17. The topological polar surface area (TPSA) is 82.3 Å². The summed E-state index contributed by atoms with van der Waals surface area (Å²) in [6.45, 7) is 0. The van der Waals surface area contributed by atoms with Gasteiger partial charge in [0.15, 0.2) is 5.03 Å². The molecule has 2 aromatic rings. The lowest BCUT2D eigenvalue weighted by Crippen LogP contribution is -2.04. The molecule has 0 aliphatic carbocycles. The van der Waals surface area contributed by atoms with Gasteiger partial charge in [-0.3, -0.25) is 10.1 Å². The fourth-order valence-corrected chi connectivity index (χ4v) is 2.34. The lowest BCUT2D eigenvalue weighted by atomic mass is 10.3. The summed E-state index contributed by atoms with van der Waals surface area (Å²) in [4.78, 5) is 26.7. The number of ether oxygens (including phenoxy) is 1. The molecule has 2 rings (SSSR count). The molecule has 0 aliphatic heterocycles. The molecule has 0 N–H and O–H groups in total. The Bertz CT molecular complexity index is 646. The van der Waals surface area contributed by atoms with Gasteiger partial charge in [0.05, 0.1) is 17.6 Å². The molecule has 6 nitrogen and oxygen atoms in total. The first-order valence-electron chi connectivity index (χ1n) is 5.57. The van der Waals surface area contributed by atoms with E-state index in [-0.39, 0.29) is 16.3 Å². The number of hydrogen-bond donors (Lipinski definition) is 0. The molecule has 0 amide bonds. The van der Waals surface area contributed by atoms with Gasteiger partial charge in [-0.25, -0.2) is 9.78 Å². The van der Waals surface area contributed by atoms with Gasteiger partial charge in [-0.05, 0) is 12.1 Å². The normalized spacial score (nSPS) is 10.1. The van der Waals surface area contributed by atoms with Crippen LogP contribution in [-0.4, -0.2) is 23.0 Å². The maximum absolute atomic E-state index is 11.4. The summed E-state index contributed by atoms with van der Waals surface area (Å²) in [7, 11) is 1.21. The Kier molecular flexibility index (Phi) is 4.31. The quantitative estimate of drug-likeness (QED) is 0.489. The maximum Gasteiger partial charge on any atom is 0.339 e. The number of benzene rings is 1. The van der Waals surface area contributed by atoms with Gasteiger partial charge in [0.1, 0.15) is 0 Å². The molecule has 0 saturated carbocycles. The van der Waals surface area contributed by atoms with Crippen LogP contribution < -0.4 is 0 Å². The number of pyridine rings is 1. The smallest absolute Gasteiger partial charge is 0.339 e. The van der Waals surface area contributed by atoms with Crippen molar-refractivity contribution in [3.8, 4) is 0 Å². The number of nitro groups is 1. The minimum Gasteiger partial charge on any atom is -0.465 e. The van der Waals surface area contributed by atoms with Crippen molar-refractivity contribution >= 4 is 23.4 Å². The first-order chi connectivity index (χ1) is 9.61. The van der Waals surface area contributed by atoms with Crippen LogP contribution in [0.15, 0.2) is 52.5 Å². The van der Waals surface area contributed by atoms with E-state index in [1.54, 1.807) is 0 Å². The van der Waals surface area contributed by atoms with Gasteiger partial charge < -0.3 is 4.74 Å². The molecule has 0 aliphatic rings. The van der Waals surface area contributed by atoms with Crippen molar-refractivity contribution in [2.75, 3.05) is 7.11 Å². The number of carbonyl (C=O) groups excluding carboxylic acids is 1. The fourth-order valence-electron chi connectivity index (χ4n) is 1.48. The Hall–Kier alpha value is -2.41. The Morgan fingerprint density at radius 1 is 1.35 bits per heavy atom. The molecule has 7 heteroatoms. The van der Waals surface area contributed by atoms with E-state index in [0.29, 0.717) is 0 Å². The van der Waals surface area contributed by atoms with Crippen LogP contribution in [0.25, 0.3) is 0 Å². The minimum absolute atomic E-state index is 0.0524. The summed E-state index contributed by atoms with van der Waals surface area (Å²) in [5.41, 5.74) is -0.168. The molecule has 0 spiro atoms. The van der Waals surface area contributed by atoms with E-state index in [4.69, 9.17) is 0 Å². The van der Waals surface area contributed by atoms with Crippen molar-refractivity contribution in [1.82, 2.24) is 4.98 Å². The second-order valence-corrected chi connectivity index (χ2v) is 4.77. The van der Waals surface area contributed by atoms with Crippen molar-refractivity contribution < 1.29 is 14.5 Å². The Balaban J connectivity index is 2.38. The molecule has 0 fully saturated rings. The van der Waals surface area contributed by atoms with Gasteiger partial charge in [-0.2, -0.15) is 0 Å². The molecular formula is C13H10N2O4S. The summed E-state index contributed by atoms with van der Waals surface area (Å²) in [6.07, 6.45) is 1.27.